The molecule has 3 heterocycles. The van der Waals surface area contributed by atoms with E-state index in [2.05, 4.69) is 0 Å². The van der Waals surface area contributed by atoms with E-state index < -0.39 is 49.9 Å². The number of H-pyrrole nitrogens is 1. The van der Waals surface area contributed by atoms with Crippen molar-refractivity contribution in [3.05, 3.63) is 61.9 Å². The summed E-state index contributed by atoms with van der Waals surface area (Å²) in [6.45, 7) is -0.511. The monoisotopic (exact) mass is 460 g/mol. The number of aromatic amines is 1. The second-order valence-corrected chi connectivity index (χ2v) is 8.70. The molecule has 1 aromatic carbocycles. The summed E-state index contributed by atoms with van der Waals surface area (Å²) in [5.41, 5.74) is 0.0404. The van der Waals surface area contributed by atoms with Gasteiger partial charge in [0, 0.05) is 17.8 Å². The first-order valence-electron chi connectivity index (χ1n) is 10.1. The number of nitrogens with zero attached hydrogens (tertiary/aromatic N) is 1. The third-order valence-corrected chi connectivity index (χ3v) is 5.95. The highest BCUT2D eigenvalue weighted by molar-refractivity contribution is 7.49. The third-order valence-electron chi connectivity index (χ3n) is 4.79. The zero-order chi connectivity index (χ0) is 24.3. The molecule has 2 aliphatic heterocycles. The van der Waals surface area contributed by atoms with E-state index in [1.807, 2.05) is 11.9 Å². The molecule has 168 valence electrons. The fraction of sp³-hybridized carbons (Fsp3) is 0.444. The first kappa shape index (κ1) is 19.4. The minimum Gasteiger partial charge on any atom is -0.403 e. The number of alkyl halides is 1. The number of phosphoric acid groups is 1. The summed E-state index contributed by atoms with van der Waals surface area (Å²) in [5.74, 6) is -3.70. The minimum atomic E-state index is -4.76. The van der Waals surface area contributed by atoms with Gasteiger partial charge in [0.2, 0.25) is 0 Å². The van der Waals surface area contributed by atoms with Crippen molar-refractivity contribution in [1.82, 2.24) is 9.55 Å². The fourth-order valence-corrected chi connectivity index (χ4v) is 4.52. The molecular formula is C18H20FN2O9P. The number of benzene rings is 1. The van der Waals surface area contributed by atoms with Gasteiger partial charge in [0.15, 0.2) is 6.23 Å². The molecule has 5 atom stereocenters. The second-order valence-electron chi connectivity index (χ2n) is 7.18. The number of fused-ring (bicyclic) bond motifs is 1. The van der Waals surface area contributed by atoms with Gasteiger partial charge >= 0.3 is 13.5 Å². The molecule has 31 heavy (non-hydrogen) atoms. The van der Waals surface area contributed by atoms with Crippen LogP contribution in [0.25, 0.3) is 0 Å². The highest BCUT2D eigenvalue weighted by Gasteiger charge is 2.57. The standard InChI is InChI=1S/C18H20FN2O9P/c1-9-5-10(2)14-11(6-9)7-27-31(26,30-14)28-8-18(19)15(24)13(23)16(29-18)21-4-3-12(22)20-17(21)25/h3-6,13,15-16,23-24H,7-8H2,1-2H3,(H,20,22,25)/t13-,15+,16-,18-,31?/m1/s1/i8D2. The summed E-state index contributed by atoms with van der Waals surface area (Å²) in [6.07, 6.45) is -5.85. The molecule has 2 aromatic rings. The highest BCUT2D eigenvalue weighted by atomic mass is 31.2. The quantitative estimate of drug-likeness (QED) is 0.563. The van der Waals surface area contributed by atoms with Gasteiger partial charge in [-0.3, -0.25) is 23.4 Å². The van der Waals surface area contributed by atoms with Crippen LogP contribution in [0.15, 0.2) is 34.0 Å². The van der Waals surface area contributed by atoms with Crippen molar-refractivity contribution in [2.45, 2.75) is 44.7 Å². The Morgan fingerprint density at radius 1 is 1.42 bits per heavy atom. The molecule has 3 N–H and O–H groups in total. The summed E-state index contributed by atoms with van der Waals surface area (Å²) >= 11 is 0. The van der Waals surface area contributed by atoms with Gasteiger partial charge in [-0.2, -0.15) is 0 Å². The number of phosphoric ester groups is 1. The van der Waals surface area contributed by atoms with Gasteiger partial charge in [-0.05, 0) is 19.4 Å². The van der Waals surface area contributed by atoms with Crippen LogP contribution in [0.5, 0.6) is 5.75 Å². The van der Waals surface area contributed by atoms with Gasteiger partial charge in [-0.15, -0.1) is 0 Å². The van der Waals surface area contributed by atoms with Crippen LogP contribution in [0.3, 0.4) is 0 Å². The van der Waals surface area contributed by atoms with Gasteiger partial charge in [-0.25, -0.2) is 13.8 Å². The number of hydrogen-bond donors (Lipinski definition) is 3. The lowest BCUT2D eigenvalue weighted by molar-refractivity contribution is -0.205. The summed E-state index contributed by atoms with van der Waals surface area (Å²) in [7, 11) is -4.76. The number of aryl methyl sites for hydroxylation is 2. The number of aliphatic hydroxyl groups is 2. The van der Waals surface area contributed by atoms with E-state index in [1.54, 1.807) is 19.1 Å². The summed E-state index contributed by atoms with van der Waals surface area (Å²) < 4.78 is 65.2. The third kappa shape index (κ3) is 3.98. The van der Waals surface area contributed by atoms with Crippen LogP contribution in [0.4, 0.5) is 4.39 Å². The molecule has 1 fully saturated rings. The molecule has 1 unspecified atom stereocenters. The second kappa shape index (κ2) is 7.66. The van der Waals surface area contributed by atoms with Crippen LogP contribution >= 0.6 is 7.82 Å². The van der Waals surface area contributed by atoms with Gasteiger partial charge < -0.3 is 19.5 Å². The van der Waals surface area contributed by atoms with E-state index in [0.29, 0.717) is 15.7 Å². The molecule has 13 heteroatoms. The Bertz CT molecular complexity index is 1270. The Balaban J connectivity index is 1.63. The van der Waals surface area contributed by atoms with Crippen LogP contribution in [-0.4, -0.2) is 44.4 Å². The van der Waals surface area contributed by atoms with Crippen molar-refractivity contribution in [2.75, 3.05) is 6.56 Å². The topological polar surface area (TPSA) is 149 Å². The van der Waals surface area contributed by atoms with Gasteiger partial charge in [0.1, 0.15) is 24.5 Å². The summed E-state index contributed by atoms with van der Waals surface area (Å²) in [5, 5.41) is 20.5. The van der Waals surface area contributed by atoms with Crippen LogP contribution in [0.2, 0.25) is 0 Å². The van der Waals surface area contributed by atoms with Crippen molar-refractivity contribution in [3.8, 4) is 5.75 Å². The Hall–Kier alpha value is -2.34. The van der Waals surface area contributed by atoms with E-state index in [-0.39, 0.29) is 12.4 Å². The zero-order valence-electron chi connectivity index (χ0n) is 18.3. The summed E-state index contributed by atoms with van der Waals surface area (Å²) in [6, 6.07) is 4.28. The van der Waals surface area contributed by atoms with E-state index in [0.717, 1.165) is 17.8 Å². The number of hydrogen-bond acceptors (Lipinski definition) is 9. The predicted octanol–water partition coefficient (Wildman–Crippen LogP) is 0.804. The molecule has 1 aromatic heterocycles. The lowest BCUT2D eigenvalue weighted by Gasteiger charge is -2.29. The van der Waals surface area contributed by atoms with Gasteiger partial charge in [-0.1, -0.05) is 17.7 Å². The number of aromatic nitrogens is 2. The summed E-state index contributed by atoms with van der Waals surface area (Å²) in [4.78, 5) is 25.1. The molecule has 0 saturated carbocycles. The number of rotatable bonds is 4. The maximum absolute atomic E-state index is 15.7. The molecule has 0 spiro atoms. The Labute approximate surface area is 177 Å². The average Bonchev–Trinajstić information content (AvgIpc) is 2.94. The first-order valence-corrected chi connectivity index (χ1v) is 10.5. The predicted molar refractivity (Wildman–Crippen MR) is 102 cm³/mol. The van der Waals surface area contributed by atoms with Crippen molar-refractivity contribution < 1.29 is 40.2 Å². The van der Waals surface area contributed by atoms with Crippen molar-refractivity contribution in [1.29, 1.82) is 0 Å². The lowest BCUT2D eigenvalue weighted by atomic mass is 10.1. The van der Waals surface area contributed by atoms with Gasteiger partial charge in [0.05, 0.1) is 9.35 Å². The minimum absolute atomic E-state index is 0.115. The normalized spacial score (nSPS) is 33.9. The molecule has 0 amide bonds. The molecule has 4 rings (SSSR count). The largest absolute Gasteiger partial charge is 0.530 e. The molecule has 11 nitrogen and oxygen atoms in total. The van der Waals surface area contributed by atoms with Crippen LogP contribution in [0.1, 0.15) is 25.7 Å². The maximum Gasteiger partial charge on any atom is 0.530 e. The number of halogens is 1. The van der Waals surface area contributed by atoms with Crippen LogP contribution < -0.4 is 15.8 Å². The van der Waals surface area contributed by atoms with Crippen molar-refractivity contribution in [2.24, 2.45) is 0 Å². The number of aliphatic hydroxyl groups excluding tert-OH is 2. The van der Waals surface area contributed by atoms with E-state index in [1.165, 1.54) is 0 Å². The van der Waals surface area contributed by atoms with Gasteiger partial charge in [0.25, 0.3) is 11.4 Å². The van der Waals surface area contributed by atoms with E-state index in [4.69, 9.17) is 21.0 Å². The number of nitrogens with one attached hydrogen (secondary N) is 1. The maximum atomic E-state index is 15.7. The molecular weight excluding hydrogens is 438 g/mol. The molecule has 0 bridgehead atoms. The molecule has 0 aliphatic carbocycles. The molecule has 2 aliphatic rings. The zero-order valence-corrected chi connectivity index (χ0v) is 17.2. The Kier molecular flexibility index (Phi) is 4.78. The Morgan fingerprint density at radius 2 is 2.16 bits per heavy atom. The lowest BCUT2D eigenvalue weighted by Crippen LogP contribution is -2.43. The highest BCUT2D eigenvalue weighted by Crippen LogP contribution is 2.56. The fourth-order valence-electron chi connectivity index (χ4n) is 3.35. The van der Waals surface area contributed by atoms with E-state index >= 15 is 4.39 Å². The smallest absolute Gasteiger partial charge is 0.403 e. The van der Waals surface area contributed by atoms with Crippen molar-refractivity contribution in [3.63, 3.8) is 0 Å². The molecule has 1 saturated heterocycles. The molecule has 0 radical (unpaired) electrons. The Morgan fingerprint density at radius 3 is 2.87 bits per heavy atom. The SMILES string of the molecule is [2H]C([2H])(OP1(=O)OCc2cc(C)cc(C)c2O1)[C@@]1(F)O[C@@H](n2ccc(=O)[nH]c2=O)[C@H](O)[C@@H]1O. The van der Waals surface area contributed by atoms with Crippen LogP contribution in [0, 0.1) is 13.8 Å². The van der Waals surface area contributed by atoms with E-state index in [9.17, 15) is 24.4 Å². The number of ether oxygens (including phenoxy) is 1. The first-order chi connectivity index (χ1) is 15.3. The average molecular weight is 460 g/mol. The van der Waals surface area contributed by atoms with Crippen LogP contribution in [-0.2, 0) is 25.0 Å². The van der Waals surface area contributed by atoms with Crippen molar-refractivity contribution >= 4 is 7.82 Å².